The van der Waals surface area contributed by atoms with Crippen molar-refractivity contribution in [1.29, 1.82) is 0 Å². The summed E-state index contributed by atoms with van der Waals surface area (Å²) in [6, 6.07) is 19.8. The summed E-state index contributed by atoms with van der Waals surface area (Å²) in [6.07, 6.45) is 0.516. The third-order valence-electron chi connectivity index (χ3n) is 5.58. The number of benzene rings is 2. The summed E-state index contributed by atoms with van der Waals surface area (Å²) < 4.78 is 10.6. The van der Waals surface area contributed by atoms with E-state index in [1.165, 1.54) is 10.0 Å². The van der Waals surface area contributed by atoms with Crippen molar-refractivity contribution in [2.75, 3.05) is 13.2 Å². The highest BCUT2D eigenvalue weighted by molar-refractivity contribution is 5.87. The molecule has 0 radical (unpaired) electrons. The Labute approximate surface area is 176 Å². The summed E-state index contributed by atoms with van der Waals surface area (Å²) in [5.74, 6) is 0. The van der Waals surface area contributed by atoms with Gasteiger partial charge in [0.05, 0.1) is 25.3 Å². The average molecular weight is 406 g/mol. The lowest BCUT2D eigenvalue weighted by atomic mass is 9.90. The lowest BCUT2D eigenvalue weighted by molar-refractivity contribution is -0.0378. The molecule has 2 bridgehead atoms. The van der Waals surface area contributed by atoms with Crippen molar-refractivity contribution >= 4 is 17.8 Å². The zero-order valence-electron chi connectivity index (χ0n) is 17.3. The van der Waals surface area contributed by atoms with Crippen molar-refractivity contribution in [3.8, 4) is 0 Å². The lowest BCUT2D eigenvalue weighted by Gasteiger charge is -2.35. The highest BCUT2D eigenvalue weighted by atomic mass is 16.6. The Kier molecular flexibility index (Phi) is 5.74. The zero-order valence-corrected chi connectivity index (χ0v) is 17.3. The van der Waals surface area contributed by atoms with E-state index in [-0.39, 0.29) is 25.3 Å². The first-order valence-corrected chi connectivity index (χ1v) is 10.4. The fourth-order valence-corrected chi connectivity index (χ4v) is 4.51. The molecule has 1 saturated heterocycles. The Morgan fingerprint density at radius 1 is 0.767 bits per heavy atom. The van der Waals surface area contributed by atoms with Gasteiger partial charge in [0.25, 0.3) is 0 Å². The van der Waals surface area contributed by atoms with E-state index in [1.54, 1.807) is 13.8 Å². The molecule has 6 heteroatoms. The smallest absolute Gasteiger partial charge is 0.429 e. The maximum absolute atomic E-state index is 12.8. The van der Waals surface area contributed by atoms with Crippen molar-refractivity contribution in [2.24, 2.45) is 0 Å². The molecule has 2 aromatic carbocycles. The second-order valence-corrected chi connectivity index (χ2v) is 7.26. The lowest BCUT2D eigenvalue weighted by Crippen LogP contribution is -2.53. The van der Waals surface area contributed by atoms with E-state index in [2.05, 4.69) is 24.3 Å². The van der Waals surface area contributed by atoms with E-state index < -0.39 is 12.2 Å². The minimum atomic E-state index is -0.518. The van der Waals surface area contributed by atoms with Gasteiger partial charge in [0.1, 0.15) is 0 Å². The highest BCUT2D eigenvalue weighted by Crippen LogP contribution is 2.47. The normalized spacial score (nSPS) is 19.7. The summed E-state index contributed by atoms with van der Waals surface area (Å²) in [5, 5.41) is 2.91. The van der Waals surface area contributed by atoms with E-state index in [9.17, 15) is 9.59 Å². The molecule has 2 amide bonds. The summed E-state index contributed by atoms with van der Waals surface area (Å²) in [4.78, 5) is 25.7. The first kappa shape index (κ1) is 20.0. The van der Waals surface area contributed by atoms with E-state index in [0.29, 0.717) is 0 Å². The molecule has 0 aromatic heterocycles. The molecule has 0 unspecified atom stereocenters. The molecular weight excluding hydrogens is 380 g/mol. The fourth-order valence-electron chi connectivity index (χ4n) is 4.51. The minimum Gasteiger partial charge on any atom is -0.448 e. The quantitative estimate of drug-likeness (QED) is 0.727. The van der Waals surface area contributed by atoms with Crippen molar-refractivity contribution in [3.63, 3.8) is 0 Å². The molecule has 30 heavy (non-hydrogen) atoms. The Morgan fingerprint density at radius 3 is 1.53 bits per heavy atom. The summed E-state index contributed by atoms with van der Waals surface area (Å²) in [7, 11) is 0. The second-order valence-electron chi connectivity index (χ2n) is 7.26. The van der Waals surface area contributed by atoms with Crippen LogP contribution in [0, 0.1) is 0 Å². The zero-order chi connectivity index (χ0) is 21.1. The molecule has 1 aliphatic heterocycles. The Bertz CT molecular complexity index is 867. The number of carbonyl (C=O) groups is 2. The maximum Gasteiger partial charge on any atom is 0.429 e. The Hall–Kier alpha value is -3.28. The van der Waals surface area contributed by atoms with Crippen LogP contribution in [0.3, 0.4) is 0 Å². The van der Waals surface area contributed by atoms with Gasteiger partial charge < -0.3 is 9.47 Å². The molecule has 2 atom stereocenters. The van der Waals surface area contributed by atoms with Crippen LogP contribution in [0.2, 0.25) is 0 Å². The molecule has 2 aliphatic rings. The first-order valence-electron chi connectivity index (χ1n) is 10.4. The highest BCUT2D eigenvalue weighted by Gasteiger charge is 2.55. The van der Waals surface area contributed by atoms with Gasteiger partial charge in [-0.05, 0) is 49.0 Å². The number of fused-ring (bicyclic) bond motifs is 2. The Morgan fingerprint density at radius 2 is 1.17 bits per heavy atom. The van der Waals surface area contributed by atoms with E-state index in [1.807, 2.05) is 36.4 Å². The van der Waals surface area contributed by atoms with E-state index >= 15 is 0 Å². The molecule has 4 rings (SSSR count). The van der Waals surface area contributed by atoms with Crippen molar-refractivity contribution < 1.29 is 19.1 Å². The number of nitrogens with zero attached hydrogens (tertiary/aromatic N) is 2. The van der Waals surface area contributed by atoms with Crippen molar-refractivity contribution in [3.05, 3.63) is 77.4 Å². The molecule has 0 spiro atoms. The van der Waals surface area contributed by atoms with Gasteiger partial charge in [-0.25, -0.2) is 19.6 Å². The molecule has 6 nitrogen and oxygen atoms in total. The molecule has 1 heterocycles. The van der Waals surface area contributed by atoms with Crippen LogP contribution in [0.15, 0.2) is 66.2 Å². The van der Waals surface area contributed by atoms with E-state index in [0.717, 1.165) is 35.1 Å². The standard InChI is InChI=1S/C24H26N2O4/c1-3-29-23(27)25-19-15-16-20(26(25)24(28)30-4-2)22(19)21(17-11-7-5-8-12-17)18-13-9-6-10-14-18/h5-14,19-20H,3-4,15-16H2,1-2H3/t19-,20-/m0/s1. The number of ether oxygens (including phenoxy) is 2. The third kappa shape index (κ3) is 3.43. The van der Waals surface area contributed by atoms with Gasteiger partial charge in [0, 0.05) is 0 Å². The molecule has 0 N–H and O–H groups in total. The summed E-state index contributed by atoms with van der Waals surface area (Å²) in [5.41, 5.74) is 4.24. The molecule has 2 aromatic rings. The topological polar surface area (TPSA) is 59.1 Å². The predicted molar refractivity (Wildman–Crippen MR) is 113 cm³/mol. The molecule has 1 saturated carbocycles. The molecular formula is C24H26N2O4. The van der Waals surface area contributed by atoms with Gasteiger partial charge >= 0.3 is 12.2 Å². The minimum absolute atomic E-state index is 0.242. The van der Waals surface area contributed by atoms with E-state index in [4.69, 9.17) is 9.47 Å². The molecule has 1 aliphatic carbocycles. The van der Waals surface area contributed by atoms with Gasteiger partial charge in [-0.2, -0.15) is 0 Å². The summed E-state index contributed by atoms with van der Waals surface area (Å²) >= 11 is 0. The van der Waals surface area contributed by atoms with Gasteiger partial charge in [0.15, 0.2) is 0 Å². The molecule has 156 valence electrons. The number of hydrogen-bond acceptors (Lipinski definition) is 4. The Balaban J connectivity index is 1.89. The van der Waals surface area contributed by atoms with Crippen molar-refractivity contribution in [1.82, 2.24) is 10.0 Å². The predicted octanol–water partition coefficient (Wildman–Crippen LogP) is 4.87. The number of hydrogen-bond donors (Lipinski definition) is 0. The SMILES string of the molecule is CCOC(=O)N1[C@H]2CC[C@@H](C2=C(c2ccccc2)c2ccccc2)N1C(=O)OCC. The first-order chi connectivity index (χ1) is 14.7. The number of rotatable bonds is 4. The largest absolute Gasteiger partial charge is 0.448 e. The third-order valence-corrected chi connectivity index (χ3v) is 5.58. The average Bonchev–Trinajstić information content (AvgIpc) is 3.32. The van der Waals surface area contributed by atoms with Crippen LogP contribution < -0.4 is 0 Å². The van der Waals surface area contributed by atoms with Crippen LogP contribution in [-0.4, -0.2) is 47.5 Å². The second kappa shape index (κ2) is 8.61. The van der Waals surface area contributed by atoms with Crippen LogP contribution in [0.1, 0.15) is 37.8 Å². The number of hydrazine groups is 1. The van der Waals surface area contributed by atoms with Crippen LogP contribution in [0.25, 0.3) is 5.57 Å². The van der Waals surface area contributed by atoms with Gasteiger partial charge in [0.2, 0.25) is 0 Å². The molecule has 2 fully saturated rings. The van der Waals surface area contributed by atoms with Crippen LogP contribution >= 0.6 is 0 Å². The van der Waals surface area contributed by atoms with Gasteiger partial charge in [-0.1, -0.05) is 60.7 Å². The fraction of sp³-hybridized carbons (Fsp3) is 0.333. The van der Waals surface area contributed by atoms with Crippen LogP contribution in [-0.2, 0) is 9.47 Å². The van der Waals surface area contributed by atoms with Crippen molar-refractivity contribution in [2.45, 2.75) is 38.8 Å². The monoisotopic (exact) mass is 406 g/mol. The van der Waals surface area contributed by atoms with Crippen LogP contribution in [0.4, 0.5) is 9.59 Å². The summed E-state index contributed by atoms with van der Waals surface area (Å²) in [6.45, 7) is 4.01. The van der Waals surface area contributed by atoms with Gasteiger partial charge in [-0.15, -0.1) is 0 Å². The van der Waals surface area contributed by atoms with Gasteiger partial charge in [-0.3, -0.25) is 0 Å². The number of carbonyl (C=O) groups excluding carboxylic acids is 2. The maximum atomic E-state index is 12.8. The number of amides is 2. The van der Waals surface area contributed by atoms with Crippen LogP contribution in [0.5, 0.6) is 0 Å².